The fourth-order valence-corrected chi connectivity index (χ4v) is 5.06. The second-order valence-corrected chi connectivity index (χ2v) is 11.1. The van der Waals surface area contributed by atoms with E-state index < -0.39 is 0 Å². The molecule has 0 nitrogen and oxygen atoms in total. The predicted molar refractivity (Wildman–Crippen MR) is 145 cm³/mol. The largest absolute Gasteiger partial charge is 0.0654 e. The van der Waals surface area contributed by atoms with Crippen LogP contribution in [0.2, 0.25) is 0 Å². The summed E-state index contributed by atoms with van der Waals surface area (Å²) in [5.41, 5.74) is 0. The zero-order valence-corrected chi connectivity index (χ0v) is 22.8. The first-order valence-corrected chi connectivity index (χ1v) is 15.2. The van der Waals surface area contributed by atoms with Gasteiger partial charge >= 0.3 is 0 Å². The van der Waals surface area contributed by atoms with Gasteiger partial charge in [-0.1, -0.05) is 188 Å². The van der Waals surface area contributed by atoms with Crippen LogP contribution < -0.4 is 0 Å². The lowest BCUT2D eigenvalue weighted by molar-refractivity contribution is 0.408. The fourth-order valence-electron chi connectivity index (χ4n) is 5.06. The maximum Gasteiger partial charge on any atom is -0.0443 e. The highest BCUT2D eigenvalue weighted by molar-refractivity contribution is 4.58. The van der Waals surface area contributed by atoms with E-state index in [9.17, 15) is 0 Å². The van der Waals surface area contributed by atoms with E-state index in [2.05, 4.69) is 27.7 Å². The van der Waals surface area contributed by atoms with Crippen molar-refractivity contribution in [1.82, 2.24) is 0 Å². The van der Waals surface area contributed by atoms with Crippen molar-refractivity contribution >= 4 is 0 Å². The molecule has 2 unspecified atom stereocenters. The Balaban J connectivity index is 3.22. The zero-order valence-electron chi connectivity index (χ0n) is 22.8. The average molecular weight is 437 g/mol. The lowest BCUT2D eigenvalue weighted by Gasteiger charge is -2.13. The van der Waals surface area contributed by atoms with E-state index in [4.69, 9.17) is 0 Å². The molecule has 0 N–H and O–H groups in total. The molecule has 0 fully saturated rings. The van der Waals surface area contributed by atoms with Crippen LogP contribution in [-0.4, -0.2) is 0 Å². The van der Waals surface area contributed by atoms with E-state index in [-0.39, 0.29) is 0 Å². The van der Waals surface area contributed by atoms with Gasteiger partial charge in [0.25, 0.3) is 0 Å². The first-order chi connectivity index (χ1) is 15.2. The van der Waals surface area contributed by atoms with E-state index in [0.717, 1.165) is 11.8 Å². The highest BCUT2D eigenvalue weighted by Crippen LogP contribution is 2.21. The molecule has 0 radical (unpaired) electrons. The van der Waals surface area contributed by atoms with Crippen LogP contribution in [0.4, 0.5) is 0 Å². The van der Waals surface area contributed by atoms with Crippen molar-refractivity contribution in [3.05, 3.63) is 0 Å². The molecule has 0 aliphatic carbocycles. The molecule has 0 bridgehead atoms. The van der Waals surface area contributed by atoms with Gasteiger partial charge in [0.15, 0.2) is 0 Å². The molecule has 0 heterocycles. The predicted octanol–water partition coefficient (Wildman–Crippen LogP) is 12.1. The molecule has 0 amide bonds. The number of rotatable bonds is 26. The molecule has 0 aromatic heterocycles. The summed E-state index contributed by atoms with van der Waals surface area (Å²) in [7, 11) is 0. The minimum absolute atomic E-state index is 0.962. The topological polar surface area (TPSA) is 0 Å². The maximum atomic E-state index is 2.50. The molecule has 0 saturated carbocycles. The Kier molecular flexibility index (Phi) is 26.3. The van der Waals surface area contributed by atoms with Gasteiger partial charge in [-0.2, -0.15) is 0 Å². The summed E-state index contributed by atoms with van der Waals surface area (Å²) >= 11 is 0. The van der Waals surface area contributed by atoms with Gasteiger partial charge in [-0.15, -0.1) is 0 Å². The standard InChI is InChI=1S/C31H64/c1-5-7-9-11-12-13-14-15-16-17-18-19-20-23-27-31(4)29-25-21-24-28-30(3)26-22-10-8-6-2/h30-31H,5-29H2,1-4H3. The highest BCUT2D eigenvalue weighted by atomic mass is 14.1. The quantitative estimate of drug-likeness (QED) is 0.118. The van der Waals surface area contributed by atoms with Crippen molar-refractivity contribution in [2.75, 3.05) is 0 Å². The zero-order chi connectivity index (χ0) is 22.8. The summed E-state index contributed by atoms with van der Waals surface area (Å²) in [5, 5.41) is 0. The second kappa shape index (κ2) is 26.3. The van der Waals surface area contributed by atoms with Crippen molar-refractivity contribution in [3.63, 3.8) is 0 Å². The van der Waals surface area contributed by atoms with Gasteiger partial charge in [0.1, 0.15) is 0 Å². The molecule has 0 spiro atoms. The molecule has 2 atom stereocenters. The molecule has 0 rings (SSSR count). The Hall–Kier alpha value is 0. The molecular formula is C31H64. The summed E-state index contributed by atoms with van der Waals surface area (Å²) in [6, 6.07) is 0. The molecular weight excluding hydrogens is 372 g/mol. The van der Waals surface area contributed by atoms with E-state index in [0.29, 0.717) is 0 Å². The van der Waals surface area contributed by atoms with Gasteiger partial charge in [0.2, 0.25) is 0 Å². The van der Waals surface area contributed by atoms with Gasteiger partial charge in [0, 0.05) is 0 Å². The van der Waals surface area contributed by atoms with E-state index in [1.165, 1.54) is 161 Å². The molecule has 0 aliphatic rings. The summed E-state index contributed by atoms with van der Waals surface area (Å²) in [5.74, 6) is 1.92. The SMILES string of the molecule is CCCCCCCCCCCCCCCCC(C)CCCCCC(C)CCCCCC. The second-order valence-electron chi connectivity index (χ2n) is 11.1. The van der Waals surface area contributed by atoms with Crippen molar-refractivity contribution in [1.29, 1.82) is 0 Å². The van der Waals surface area contributed by atoms with Crippen LogP contribution in [0.15, 0.2) is 0 Å². The molecule has 0 aromatic carbocycles. The van der Waals surface area contributed by atoms with Gasteiger partial charge in [-0.25, -0.2) is 0 Å². The van der Waals surface area contributed by atoms with E-state index in [1.54, 1.807) is 0 Å². The highest BCUT2D eigenvalue weighted by Gasteiger charge is 2.04. The molecule has 31 heavy (non-hydrogen) atoms. The Labute approximate surface area is 200 Å². The lowest BCUT2D eigenvalue weighted by atomic mass is 9.93. The summed E-state index contributed by atoms with van der Waals surface area (Å²) in [6.07, 6.45) is 36.7. The van der Waals surface area contributed by atoms with Crippen LogP contribution >= 0.6 is 0 Å². The third-order valence-electron chi connectivity index (χ3n) is 7.49. The average Bonchev–Trinajstić information content (AvgIpc) is 2.76. The Morgan fingerprint density at radius 2 is 0.484 bits per heavy atom. The third-order valence-corrected chi connectivity index (χ3v) is 7.49. The monoisotopic (exact) mass is 437 g/mol. The van der Waals surface area contributed by atoms with Crippen molar-refractivity contribution in [2.45, 2.75) is 188 Å². The van der Waals surface area contributed by atoms with Crippen LogP contribution in [0.3, 0.4) is 0 Å². The molecule has 0 heteroatoms. The first-order valence-electron chi connectivity index (χ1n) is 15.2. The van der Waals surface area contributed by atoms with Crippen LogP contribution in [-0.2, 0) is 0 Å². The van der Waals surface area contributed by atoms with Crippen molar-refractivity contribution < 1.29 is 0 Å². The minimum atomic E-state index is 0.962. The number of hydrogen-bond donors (Lipinski definition) is 0. The first kappa shape index (κ1) is 31.0. The van der Waals surface area contributed by atoms with Crippen LogP contribution in [0.25, 0.3) is 0 Å². The normalized spacial score (nSPS) is 13.5. The number of hydrogen-bond acceptors (Lipinski definition) is 0. The Morgan fingerprint density at radius 1 is 0.290 bits per heavy atom. The fraction of sp³-hybridized carbons (Fsp3) is 1.00. The third kappa shape index (κ3) is 26.1. The molecule has 0 aliphatic heterocycles. The summed E-state index contributed by atoms with van der Waals surface area (Å²) < 4.78 is 0. The van der Waals surface area contributed by atoms with Crippen LogP contribution in [0.1, 0.15) is 188 Å². The van der Waals surface area contributed by atoms with Crippen molar-refractivity contribution in [2.24, 2.45) is 11.8 Å². The number of unbranched alkanes of at least 4 members (excludes halogenated alkanes) is 18. The minimum Gasteiger partial charge on any atom is -0.0654 e. The van der Waals surface area contributed by atoms with Crippen LogP contribution in [0.5, 0.6) is 0 Å². The van der Waals surface area contributed by atoms with Gasteiger partial charge in [-0.3, -0.25) is 0 Å². The Bertz CT molecular complexity index is 307. The summed E-state index contributed by atoms with van der Waals surface area (Å²) in [6.45, 7) is 9.59. The summed E-state index contributed by atoms with van der Waals surface area (Å²) in [4.78, 5) is 0. The lowest BCUT2D eigenvalue weighted by Crippen LogP contribution is -1.97. The molecule has 0 saturated heterocycles. The molecule has 0 aromatic rings. The van der Waals surface area contributed by atoms with Gasteiger partial charge in [-0.05, 0) is 11.8 Å². The van der Waals surface area contributed by atoms with Gasteiger partial charge < -0.3 is 0 Å². The van der Waals surface area contributed by atoms with E-state index >= 15 is 0 Å². The van der Waals surface area contributed by atoms with E-state index in [1.807, 2.05) is 0 Å². The molecule has 188 valence electrons. The van der Waals surface area contributed by atoms with Crippen molar-refractivity contribution in [3.8, 4) is 0 Å². The van der Waals surface area contributed by atoms with Gasteiger partial charge in [0.05, 0.1) is 0 Å². The van der Waals surface area contributed by atoms with Crippen LogP contribution in [0, 0.1) is 11.8 Å². The smallest absolute Gasteiger partial charge is 0.0443 e. The maximum absolute atomic E-state index is 2.50. The Morgan fingerprint density at radius 3 is 0.774 bits per heavy atom.